The first kappa shape index (κ1) is 17.2. The van der Waals surface area contributed by atoms with Crippen molar-refractivity contribution in [3.63, 3.8) is 0 Å². The zero-order valence-corrected chi connectivity index (χ0v) is 13.1. The van der Waals surface area contributed by atoms with Crippen molar-refractivity contribution in [2.75, 3.05) is 6.54 Å². The highest BCUT2D eigenvalue weighted by Crippen LogP contribution is 2.16. The molecule has 0 fully saturated rings. The minimum Gasteiger partial charge on any atom is -0.310 e. The largest absolute Gasteiger partial charge is 0.310 e. The van der Waals surface area contributed by atoms with Crippen molar-refractivity contribution >= 4 is 0 Å². The van der Waals surface area contributed by atoms with E-state index < -0.39 is 0 Å². The number of unbranched alkanes of at least 4 members (excludes halogenated alkanes) is 7. The van der Waals surface area contributed by atoms with Crippen LogP contribution in [0.15, 0.2) is 24.3 Å². The van der Waals surface area contributed by atoms with Crippen LogP contribution >= 0.6 is 0 Å². The standard InChI is InChI=1S/C18H30FN/c1-3-4-5-6-7-8-9-12-15-20-16(2)17-13-10-11-14-18(17)19/h10-11,13-14,16,20H,3-9,12,15H2,1-2H3/t16-/m1/s1. The lowest BCUT2D eigenvalue weighted by atomic mass is 10.1. The van der Waals surface area contributed by atoms with Gasteiger partial charge in [0.25, 0.3) is 0 Å². The van der Waals surface area contributed by atoms with Crippen LogP contribution in [0.1, 0.15) is 76.8 Å². The Kier molecular flexibility index (Phi) is 9.31. The molecule has 0 radical (unpaired) electrons. The molecule has 0 unspecified atom stereocenters. The summed E-state index contributed by atoms with van der Waals surface area (Å²) < 4.78 is 13.6. The van der Waals surface area contributed by atoms with Gasteiger partial charge in [-0.25, -0.2) is 4.39 Å². The fourth-order valence-electron chi connectivity index (χ4n) is 2.51. The predicted molar refractivity (Wildman–Crippen MR) is 85.4 cm³/mol. The molecular formula is C18H30FN. The summed E-state index contributed by atoms with van der Waals surface area (Å²) in [6.07, 6.45) is 10.6. The molecule has 1 rings (SSSR count). The summed E-state index contributed by atoms with van der Waals surface area (Å²) in [7, 11) is 0. The van der Waals surface area contributed by atoms with E-state index in [4.69, 9.17) is 0 Å². The second-order valence-corrected chi connectivity index (χ2v) is 5.67. The molecule has 0 aliphatic carbocycles. The van der Waals surface area contributed by atoms with Gasteiger partial charge in [0.15, 0.2) is 0 Å². The van der Waals surface area contributed by atoms with E-state index in [0.29, 0.717) is 0 Å². The van der Waals surface area contributed by atoms with Crippen LogP contribution in [0.2, 0.25) is 0 Å². The number of hydrogen-bond donors (Lipinski definition) is 1. The Morgan fingerprint density at radius 3 is 2.20 bits per heavy atom. The van der Waals surface area contributed by atoms with Gasteiger partial charge >= 0.3 is 0 Å². The van der Waals surface area contributed by atoms with Gasteiger partial charge in [0.2, 0.25) is 0 Å². The van der Waals surface area contributed by atoms with E-state index in [1.54, 1.807) is 6.07 Å². The Morgan fingerprint density at radius 1 is 0.950 bits per heavy atom. The van der Waals surface area contributed by atoms with Crippen LogP contribution in [-0.2, 0) is 0 Å². The van der Waals surface area contributed by atoms with Gasteiger partial charge in [-0.2, -0.15) is 0 Å². The van der Waals surface area contributed by atoms with E-state index in [2.05, 4.69) is 12.2 Å². The Balaban J connectivity index is 2.03. The highest BCUT2D eigenvalue weighted by atomic mass is 19.1. The minimum absolute atomic E-state index is 0.0979. The quantitative estimate of drug-likeness (QED) is 0.519. The van der Waals surface area contributed by atoms with E-state index in [1.807, 2.05) is 19.1 Å². The highest BCUT2D eigenvalue weighted by Gasteiger charge is 2.08. The van der Waals surface area contributed by atoms with Crippen molar-refractivity contribution in [3.8, 4) is 0 Å². The molecule has 1 aromatic carbocycles. The molecule has 0 aliphatic heterocycles. The van der Waals surface area contributed by atoms with Gasteiger partial charge in [0.05, 0.1) is 0 Å². The van der Waals surface area contributed by atoms with Gasteiger partial charge in [-0.15, -0.1) is 0 Å². The van der Waals surface area contributed by atoms with Gasteiger partial charge in [0.1, 0.15) is 5.82 Å². The number of rotatable bonds is 11. The first-order chi connectivity index (χ1) is 9.75. The first-order valence-corrected chi connectivity index (χ1v) is 8.23. The van der Waals surface area contributed by atoms with Gasteiger partial charge in [-0.3, -0.25) is 0 Å². The second-order valence-electron chi connectivity index (χ2n) is 5.67. The molecule has 1 nitrogen and oxygen atoms in total. The van der Waals surface area contributed by atoms with Crippen LogP contribution < -0.4 is 5.32 Å². The normalized spacial score (nSPS) is 12.6. The van der Waals surface area contributed by atoms with E-state index in [-0.39, 0.29) is 11.9 Å². The zero-order chi connectivity index (χ0) is 14.6. The smallest absolute Gasteiger partial charge is 0.127 e. The average Bonchev–Trinajstić information content (AvgIpc) is 2.46. The lowest BCUT2D eigenvalue weighted by Gasteiger charge is -2.14. The van der Waals surface area contributed by atoms with E-state index >= 15 is 0 Å². The predicted octanol–water partition coefficient (Wildman–Crippen LogP) is 5.62. The summed E-state index contributed by atoms with van der Waals surface area (Å²) in [6, 6.07) is 7.13. The minimum atomic E-state index is -0.108. The molecule has 1 aromatic rings. The molecule has 114 valence electrons. The monoisotopic (exact) mass is 279 g/mol. The number of benzene rings is 1. The van der Waals surface area contributed by atoms with Crippen molar-refractivity contribution < 1.29 is 4.39 Å². The molecule has 0 spiro atoms. The van der Waals surface area contributed by atoms with Crippen LogP contribution in [0.4, 0.5) is 4.39 Å². The number of halogens is 1. The van der Waals surface area contributed by atoms with Crippen molar-refractivity contribution in [2.24, 2.45) is 0 Å². The van der Waals surface area contributed by atoms with Crippen LogP contribution in [0.25, 0.3) is 0 Å². The zero-order valence-electron chi connectivity index (χ0n) is 13.1. The van der Waals surface area contributed by atoms with Crippen molar-refractivity contribution in [1.82, 2.24) is 5.32 Å². The molecule has 20 heavy (non-hydrogen) atoms. The van der Waals surface area contributed by atoms with Crippen molar-refractivity contribution in [1.29, 1.82) is 0 Å². The molecule has 0 heterocycles. The Labute approximate surface area is 124 Å². The fraction of sp³-hybridized carbons (Fsp3) is 0.667. The maximum atomic E-state index is 13.6. The van der Waals surface area contributed by atoms with Crippen LogP contribution in [-0.4, -0.2) is 6.54 Å². The highest BCUT2D eigenvalue weighted by molar-refractivity contribution is 5.20. The summed E-state index contributed by atoms with van der Waals surface area (Å²) in [4.78, 5) is 0. The van der Waals surface area contributed by atoms with Crippen molar-refractivity contribution in [3.05, 3.63) is 35.6 Å². The molecular weight excluding hydrogens is 249 g/mol. The SMILES string of the molecule is CCCCCCCCCCN[C@H](C)c1ccccc1F. The summed E-state index contributed by atoms with van der Waals surface area (Å²) in [5.74, 6) is -0.108. The maximum absolute atomic E-state index is 13.6. The molecule has 1 atom stereocenters. The molecule has 0 saturated heterocycles. The molecule has 2 heteroatoms. The van der Waals surface area contributed by atoms with Gasteiger partial charge in [0, 0.05) is 11.6 Å². The van der Waals surface area contributed by atoms with Crippen LogP contribution in [0.3, 0.4) is 0 Å². The van der Waals surface area contributed by atoms with Gasteiger partial charge < -0.3 is 5.32 Å². The van der Waals surface area contributed by atoms with E-state index in [9.17, 15) is 4.39 Å². The second kappa shape index (κ2) is 10.8. The molecule has 0 aliphatic rings. The first-order valence-electron chi connectivity index (χ1n) is 8.23. The Morgan fingerprint density at radius 2 is 1.55 bits per heavy atom. The summed E-state index contributed by atoms with van der Waals surface area (Å²) >= 11 is 0. The van der Waals surface area contributed by atoms with Gasteiger partial charge in [-0.1, -0.05) is 70.1 Å². The molecule has 0 bridgehead atoms. The molecule has 0 amide bonds. The van der Waals surface area contributed by atoms with E-state index in [1.165, 1.54) is 57.4 Å². The average molecular weight is 279 g/mol. The van der Waals surface area contributed by atoms with E-state index in [0.717, 1.165) is 12.1 Å². The third kappa shape index (κ3) is 7.04. The fourth-order valence-corrected chi connectivity index (χ4v) is 2.51. The lowest BCUT2D eigenvalue weighted by Crippen LogP contribution is -2.20. The lowest BCUT2D eigenvalue weighted by molar-refractivity contribution is 0.502. The van der Waals surface area contributed by atoms with Crippen LogP contribution in [0.5, 0.6) is 0 Å². The summed E-state index contributed by atoms with van der Waals surface area (Å²) in [6.45, 7) is 5.26. The Bertz CT molecular complexity index is 351. The third-order valence-corrected chi connectivity index (χ3v) is 3.85. The third-order valence-electron chi connectivity index (χ3n) is 3.85. The number of nitrogens with one attached hydrogen (secondary N) is 1. The molecule has 0 saturated carbocycles. The number of hydrogen-bond acceptors (Lipinski definition) is 1. The van der Waals surface area contributed by atoms with Gasteiger partial charge in [-0.05, 0) is 26.0 Å². The molecule has 1 N–H and O–H groups in total. The Hall–Kier alpha value is -0.890. The van der Waals surface area contributed by atoms with Crippen molar-refractivity contribution in [2.45, 2.75) is 71.3 Å². The maximum Gasteiger partial charge on any atom is 0.127 e. The van der Waals surface area contributed by atoms with Crippen LogP contribution in [0, 0.1) is 5.82 Å². The summed E-state index contributed by atoms with van der Waals surface area (Å²) in [5.41, 5.74) is 0.770. The molecule has 0 aromatic heterocycles. The summed E-state index contributed by atoms with van der Waals surface area (Å²) in [5, 5.41) is 3.41. The topological polar surface area (TPSA) is 12.0 Å².